The van der Waals surface area contributed by atoms with E-state index >= 15 is 0 Å². The first kappa shape index (κ1) is 20.6. The monoisotopic (exact) mass is 413 g/mol. The van der Waals surface area contributed by atoms with Gasteiger partial charge in [0.05, 0.1) is 4.88 Å². The Morgan fingerprint density at radius 3 is 2.69 bits per heavy atom. The van der Waals surface area contributed by atoms with Gasteiger partial charge in [-0.25, -0.2) is 4.79 Å². The molecule has 0 aliphatic heterocycles. The maximum absolute atomic E-state index is 12.5. The fourth-order valence-corrected chi connectivity index (χ4v) is 3.21. The van der Waals surface area contributed by atoms with Crippen molar-refractivity contribution in [1.29, 1.82) is 0 Å². The number of hydrogen-bond donors (Lipinski definition) is 1. The van der Waals surface area contributed by atoms with Gasteiger partial charge in [-0.1, -0.05) is 23.4 Å². The molecule has 152 valence electrons. The highest BCUT2D eigenvalue weighted by Gasteiger charge is 2.20. The highest BCUT2D eigenvalue weighted by molar-refractivity contribution is 7.13. The van der Waals surface area contributed by atoms with Crippen molar-refractivity contribution in [3.63, 3.8) is 0 Å². The van der Waals surface area contributed by atoms with Gasteiger partial charge in [0.25, 0.3) is 5.91 Å². The molecule has 0 bridgehead atoms. The minimum atomic E-state index is -0.555. The minimum absolute atomic E-state index is 0.199. The molecular weight excluding hydrogens is 390 g/mol. The summed E-state index contributed by atoms with van der Waals surface area (Å²) in [6, 6.07) is 12.7. The number of benzene rings is 1. The maximum Gasteiger partial charge on any atom is 0.410 e. The number of aromatic nitrogens is 1. The predicted octanol–water partition coefficient (Wildman–Crippen LogP) is 5.02. The molecule has 0 saturated carbocycles. The second kappa shape index (κ2) is 8.48. The quantitative estimate of drug-likeness (QED) is 0.635. The van der Waals surface area contributed by atoms with Crippen LogP contribution in [0, 0.1) is 0 Å². The van der Waals surface area contributed by atoms with Crippen LogP contribution in [-0.4, -0.2) is 34.7 Å². The lowest BCUT2D eigenvalue weighted by Gasteiger charge is -2.24. The summed E-state index contributed by atoms with van der Waals surface area (Å²) < 4.78 is 10.6. The summed E-state index contributed by atoms with van der Waals surface area (Å²) in [7, 11) is 1.67. The molecule has 1 N–H and O–H groups in total. The Morgan fingerprint density at radius 1 is 1.21 bits per heavy atom. The highest BCUT2D eigenvalue weighted by Crippen LogP contribution is 2.25. The Morgan fingerprint density at radius 2 is 2.00 bits per heavy atom. The van der Waals surface area contributed by atoms with Crippen LogP contribution in [-0.2, 0) is 11.3 Å². The van der Waals surface area contributed by atoms with E-state index in [9.17, 15) is 9.59 Å². The molecular formula is C21H23N3O4S. The molecule has 1 aromatic carbocycles. The molecule has 2 amide bonds. The summed E-state index contributed by atoms with van der Waals surface area (Å²) in [4.78, 5) is 27.0. The molecule has 2 heterocycles. The van der Waals surface area contributed by atoms with E-state index in [1.165, 1.54) is 16.2 Å². The summed E-state index contributed by atoms with van der Waals surface area (Å²) in [5.41, 5.74) is 1.10. The zero-order valence-electron chi connectivity index (χ0n) is 16.8. The van der Waals surface area contributed by atoms with Crippen LogP contribution >= 0.6 is 11.3 Å². The van der Waals surface area contributed by atoms with Crippen molar-refractivity contribution in [1.82, 2.24) is 10.1 Å². The van der Waals surface area contributed by atoms with E-state index in [1.54, 1.807) is 25.2 Å². The molecule has 7 nitrogen and oxygen atoms in total. The lowest BCUT2D eigenvalue weighted by Crippen LogP contribution is -2.33. The Hall–Kier alpha value is -3.13. The number of anilines is 1. The van der Waals surface area contributed by atoms with Crippen LogP contribution in [0.15, 0.2) is 52.4 Å². The van der Waals surface area contributed by atoms with Crippen molar-refractivity contribution in [2.75, 3.05) is 12.4 Å². The molecule has 0 radical (unpaired) electrons. The van der Waals surface area contributed by atoms with Gasteiger partial charge in [-0.05, 0) is 49.9 Å². The summed E-state index contributed by atoms with van der Waals surface area (Å²) in [5.74, 6) is 0.187. The topological polar surface area (TPSA) is 84.7 Å². The van der Waals surface area contributed by atoms with Gasteiger partial charge in [-0.2, -0.15) is 0 Å². The fourth-order valence-electron chi connectivity index (χ4n) is 2.54. The fraction of sp³-hybridized carbons (Fsp3) is 0.286. The largest absolute Gasteiger partial charge is 0.444 e. The average Bonchev–Trinajstić information content (AvgIpc) is 3.32. The zero-order chi connectivity index (χ0) is 21.0. The Kier molecular flexibility index (Phi) is 6.03. The Balaban J connectivity index is 1.64. The van der Waals surface area contributed by atoms with Gasteiger partial charge in [0.2, 0.25) is 0 Å². The number of rotatable bonds is 5. The second-order valence-electron chi connectivity index (χ2n) is 7.54. The van der Waals surface area contributed by atoms with Gasteiger partial charge < -0.3 is 19.5 Å². The first-order valence-electron chi connectivity index (χ1n) is 9.06. The third-order valence-electron chi connectivity index (χ3n) is 3.82. The third kappa shape index (κ3) is 5.68. The summed E-state index contributed by atoms with van der Waals surface area (Å²) in [6.45, 7) is 5.82. The lowest BCUT2D eigenvalue weighted by atomic mass is 10.2. The summed E-state index contributed by atoms with van der Waals surface area (Å²) in [6.07, 6.45) is -0.407. The third-order valence-corrected chi connectivity index (χ3v) is 4.70. The molecule has 0 fully saturated rings. The van der Waals surface area contributed by atoms with Crippen LogP contribution < -0.4 is 5.32 Å². The van der Waals surface area contributed by atoms with Gasteiger partial charge in [-0.3, -0.25) is 4.79 Å². The van der Waals surface area contributed by atoms with E-state index in [2.05, 4.69) is 10.5 Å². The van der Waals surface area contributed by atoms with Crippen LogP contribution in [0.3, 0.4) is 0 Å². The molecule has 3 aromatic rings. The highest BCUT2D eigenvalue weighted by atomic mass is 32.1. The second-order valence-corrected chi connectivity index (χ2v) is 8.49. The van der Waals surface area contributed by atoms with Crippen molar-refractivity contribution in [2.24, 2.45) is 0 Å². The number of hydrogen-bond acceptors (Lipinski definition) is 6. The first-order chi connectivity index (χ1) is 13.7. The molecule has 0 spiro atoms. The lowest BCUT2D eigenvalue weighted by molar-refractivity contribution is 0.0285. The van der Waals surface area contributed by atoms with Crippen LogP contribution in [0.5, 0.6) is 0 Å². The molecule has 0 aliphatic carbocycles. The Bertz CT molecular complexity index is 990. The van der Waals surface area contributed by atoms with Gasteiger partial charge in [0, 0.05) is 25.3 Å². The summed E-state index contributed by atoms with van der Waals surface area (Å²) in [5, 5.41) is 8.58. The molecule has 3 rings (SSSR count). The normalized spacial score (nSPS) is 11.2. The molecule has 8 heteroatoms. The van der Waals surface area contributed by atoms with E-state index in [4.69, 9.17) is 9.26 Å². The first-order valence-corrected chi connectivity index (χ1v) is 9.94. The van der Waals surface area contributed by atoms with Gasteiger partial charge >= 0.3 is 6.09 Å². The number of nitrogens with one attached hydrogen (secondary N) is 1. The van der Waals surface area contributed by atoms with Crippen LogP contribution in [0.25, 0.3) is 10.6 Å². The van der Waals surface area contributed by atoms with E-state index in [-0.39, 0.29) is 11.6 Å². The van der Waals surface area contributed by atoms with Crippen LogP contribution in [0.2, 0.25) is 0 Å². The van der Waals surface area contributed by atoms with E-state index < -0.39 is 11.7 Å². The van der Waals surface area contributed by atoms with Crippen molar-refractivity contribution in [3.8, 4) is 10.6 Å². The van der Waals surface area contributed by atoms with E-state index in [0.29, 0.717) is 18.0 Å². The van der Waals surface area contributed by atoms with Crippen molar-refractivity contribution in [3.05, 3.63) is 59.1 Å². The predicted molar refractivity (Wildman–Crippen MR) is 112 cm³/mol. The molecule has 0 atom stereocenters. The van der Waals surface area contributed by atoms with Gasteiger partial charge in [-0.15, -0.1) is 11.3 Å². The number of ether oxygens (including phenoxy) is 1. The average molecular weight is 413 g/mol. The molecule has 2 aromatic heterocycles. The van der Waals surface area contributed by atoms with E-state index in [1.807, 2.05) is 50.4 Å². The Labute approximate surface area is 173 Å². The smallest absolute Gasteiger partial charge is 0.410 e. The number of carbonyl (C=O) groups is 2. The number of thiophene rings is 1. The molecule has 29 heavy (non-hydrogen) atoms. The standard InChI is InChI=1S/C21H23N3O4S/c1-21(2,3)27-20(26)24(4)13-14-7-5-8-15(11-14)22-19(25)16-12-17(28-23-16)18-9-6-10-29-18/h5-12H,13H2,1-4H3,(H,22,25). The molecule has 0 saturated heterocycles. The van der Waals surface area contributed by atoms with Crippen molar-refractivity contribution >= 4 is 29.0 Å². The molecule has 0 aliphatic rings. The van der Waals surface area contributed by atoms with Crippen molar-refractivity contribution < 1.29 is 18.8 Å². The van der Waals surface area contributed by atoms with Crippen LogP contribution in [0.4, 0.5) is 10.5 Å². The SMILES string of the molecule is CN(Cc1cccc(NC(=O)c2cc(-c3cccs3)on2)c1)C(=O)OC(C)(C)C. The maximum atomic E-state index is 12.5. The zero-order valence-corrected chi connectivity index (χ0v) is 17.6. The van der Waals surface area contributed by atoms with Crippen molar-refractivity contribution in [2.45, 2.75) is 32.9 Å². The minimum Gasteiger partial charge on any atom is -0.444 e. The van der Waals surface area contributed by atoms with Gasteiger partial charge in [0.1, 0.15) is 5.60 Å². The number of amides is 2. The van der Waals surface area contributed by atoms with Gasteiger partial charge in [0.15, 0.2) is 11.5 Å². The molecule has 0 unspecified atom stereocenters. The van der Waals surface area contributed by atoms with Crippen LogP contribution in [0.1, 0.15) is 36.8 Å². The number of nitrogens with zero attached hydrogens (tertiary/aromatic N) is 2. The summed E-state index contributed by atoms with van der Waals surface area (Å²) >= 11 is 1.51. The number of carbonyl (C=O) groups excluding carboxylic acids is 2. The van der Waals surface area contributed by atoms with E-state index in [0.717, 1.165) is 10.4 Å².